The van der Waals surface area contributed by atoms with Crippen LogP contribution in [0.2, 0.25) is 0 Å². The molecule has 0 fully saturated rings. The minimum absolute atomic E-state index is 0.0740. The summed E-state index contributed by atoms with van der Waals surface area (Å²) in [5.41, 5.74) is 2.56. The highest BCUT2D eigenvalue weighted by atomic mass is 16.1. The average Bonchev–Trinajstić information content (AvgIpc) is 2.27. The standard InChI is InChI=1S/C12H15NO/c1-13-12(14)11-8-4-6-9-5-2-3-7-10(9)11/h2-3,5,7,11H,4,6,8H2,1H3,(H,13,14)/t11-/m1/s1. The molecule has 0 bridgehead atoms. The van der Waals surface area contributed by atoms with Crippen molar-refractivity contribution in [1.29, 1.82) is 0 Å². The molecule has 0 spiro atoms. The molecule has 1 aliphatic rings. The molecule has 1 aromatic rings. The van der Waals surface area contributed by atoms with Crippen LogP contribution in [0.3, 0.4) is 0 Å². The van der Waals surface area contributed by atoms with Crippen molar-refractivity contribution >= 4 is 5.91 Å². The number of likely N-dealkylation sites (N-methyl/N-ethyl adjacent to an activating group) is 1. The van der Waals surface area contributed by atoms with Crippen LogP contribution in [0.15, 0.2) is 24.3 Å². The molecule has 0 heterocycles. The lowest BCUT2D eigenvalue weighted by Gasteiger charge is -2.23. The third-order valence-electron chi connectivity index (χ3n) is 2.93. The lowest BCUT2D eigenvalue weighted by atomic mass is 9.82. The summed E-state index contributed by atoms with van der Waals surface area (Å²) in [5.74, 6) is 0.224. The molecule has 1 amide bonds. The summed E-state index contributed by atoms with van der Waals surface area (Å²) < 4.78 is 0. The summed E-state index contributed by atoms with van der Waals surface area (Å²) in [5, 5.41) is 2.74. The van der Waals surface area contributed by atoms with Gasteiger partial charge < -0.3 is 5.32 Å². The molecule has 74 valence electrons. The molecule has 1 aliphatic carbocycles. The van der Waals surface area contributed by atoms with Gasteiger partial charge in [0.25, 0.3) is 0 Å². The monoisotopic (exact) mass is 189 g/mol. The number of hydrogen-bond donors (Lipinski definition) is 1. The van der Waals surface area contributed by atoms with Gasteiger partial charge in [-0.25, -0.2) is 0 Å². The van der Waals surface area contributed by atoms with Crippen molar-refractivity contribution in [3.05, 3.63) is 35.4 Å². The highest BCUT2D eigenvalue weighted by Gasteiger charge is 2.24. The largest absolute Gasteiger partial charge is 0.359 e. The van der Waals surface area contributed by atoms with Gasteiger partial charge in [0.1, 0.15) is 0 Å². The SMILES string of the molecule is CNC(=O)[C@@H]1CCCc2ccccc21. The summed E-state index contributed by atoms with van der Waals surface area (Å²) in [6.07, 6.45) is 3.22. The second-order valence-electron chi connectivity index (χ2n) is 3.76. The van der Waals surface area contributed by atoms with E-state index >= 15 is 0 Å². The molecule has 2 nitrogen and oxygen atoms in total. The van der Waals surface area contributed by atoms with Gasteiger partial charge in [-0.2, -0.15) is 0 Å². The van der Waals surface area contributed by atoms with E-state index in [1.807, 2.05) is 12.1 Å². The van der Waals surface area contributed by atoms with Crippen LogP contribution in [0.1, 0.15) is 29.9 Å². The van der Waals surface area contributed by atoms with Crippen LogP contribution in [-0.2, 0) is 11.2 Å². The van der Waals surface area contributed by atoms with E-state index in [0.29, 0.717) is 0 Å². The van der Waals surface area contributed by atoms with Gasteiger partial charge in [-0.3, -0.25) is 4.79 Å². The number of nitrogens with one attached hydrogen (secondary N) is 1. The van der Waals surface area contributed by atoms with Crippen LogP contribution in [0.25, 0.3) is 0 Å². The smallest absolute Gasteiger partial charge is 0.227 e. The molecule has 2 rings (SSSR count). The lowest BCUT2D eigenvalue weighted by molar-refractivity contribution is -0.122. The number of benzene rings is 1. The molecular formula is C12H15NO. The Morgan fingerprint density at radius 1 is 1.43 bits per heavy atom. The maximum Gasteiger partial charge on any atom is 0.227 e. The van der Waals surface area contributed by atoms with Gasteiger partial charge >= 0.3 is 0 Å². The Bertz CT molecular complexity index is 346. The maximum absolute atomic E-state index is 11.6. The predicted octanol–water partition coefficient (Wildman–Crippen LogP) is 1.85. The van der Waals surface area contributed by atoms with Gasteiger partial charge in [0.2, 0.25) is 5.91 Å². The predicted molar refractivity (Wildman–Crippen MR) is 56.2 cm³/mol. The van der Waals surface area contributed by atoms with Crippen molar-refractivity contribution in [3.8, 4) is 0 Å². The van der Waals surface area contributed by atoms with E-state index in [-0.39, 0.29) is 11.8 Å². The van der Waals surface area contributed by atoms with E-state index in [1.165, 1.54) is 11.1 Å². The van der Waals surface area contributed by atoms with Crippen molar-refractivity contribution < 1.29 is 4.79 Å². The average molecular weight is 189 g/mol. The molecule has 0 unspecified atom stereocenters. The fraction of sp³-hybridized carbons (Fsp3) is 0.417. The topological polar surface area (TPSA) is 29.1 Å². The molecule has 0 aliphatic heterocycles. The Kier molecular flexibility index (Phi) is 2.53. The molecule has 0 saturated carbocycles. The van der Waals surface area contributed by atoms with Crippen molar-refractivity contribution in [2.45, 2.75) is 25.2 Å². The molecular weight excluding hydrogens is 174 g/mol. The van der Waals surface area contributed by atoms with Crippen LogP contribution in [-0.4, -0.2) is 13.0 Å². The number of carbonyl (C=O) groups excluding carboxylic acids is 1. The first kappa shape index (κ1) is 9.25. The quantitative estimate of drug-likeness (QED) is 0.717. The second kappa shape index (κ2) is 3.82. The third kappa shape index (κ3) is 1.52. The number of amides is 1. The van der Waals surface area contributed by atoms with Gasteiger partial charge in [0, 0.05) is 7.05 Å². The Morgan fingerprint density at radius 3 is 3.00 bits per heavy atom. The molecule has 0 radical (unpaired) electrons. The molecule has 14 heavy (non-hydrogen) atoms. The van der Waals surface area contributed by atoms with Crippen LogP contribution < -0.4 is 5.32 Å². The number of aryl methyl sites for hydroxylation is 1. The highest BCUT2D eigenvalue weighted by molar-refractivity contribution is 5.84. The van der Waals surface area contributed by atoms with Gasteiger partial charge in [0.15, 0.2) is 0 Å². The molecule has 1 atom stereocenters. The van der Waals surface area contributed by atoms with Crippen LogP contribution in [0.4, 0.5) is 0 Å². The van der Waals surface area contributed by atoms with Crippen LogP contribution in [0, 0.1) is 0 Å². The lowest BCUT2D eigenvalue weighted by Crippen LogP contribution is -2.28. The Hall–Kier alpha value is -1.31. The summed E-state index contributed by atoms with van der Waals surface area (Å²) >= 11 is 0. The minimum Gasteiger partial charge on any atom is -0.359 e. The molecule has 1 N–H and O–H groups in total. The van der Waals surface area contributed by atoms with Crippen molar-refractivity contribution in [3.63, 3.8) is 0 Å². The minimum atomic E-state index is 0.0740. The zero-order valence-electron chi connectivity index (χ0n) is 8.42. The zero-order chi connectivity index (χ0) is 9.97. The molecule has 0 aromatic heterocycles. The first-order valence-electron chi connectivity index (χ1n) is 5.12. The maximum atomic E-state index is 11.6. The number of hydrogen-bond acceptors (Lipinski definition) is 1. The van der Waals surface area contributed by atoms with E-state index < -0.39 is 0 Å². The van der Waals surface area contributed by atoms with Gasteiger partial charge in [-0.05, 0) is 30.4 Å². The van der Waals surface area contributed by atoms with Crippen molar-refractivity contribution in [1.82, 2.24) is 5.32 Å². The van der Waals surface area contributed by atoms with E-state index in [4.69, 9.17) is 0 Å². The fourth-order valence-electron chi connectivity index (χ4n) is 2.20. The third-order valence-corrected chi connectivity index (χ3v) is 2.93. The number of fused-ring (bicyclic) bond motifs is 1. The molecule has 0 saturated heterocycles. The molecule has 1 aromatic carbocycles. The van der Waals surface area contributed by atoms with Crippen molar-refractivity contribution in [2.75, 3.05) is 7.05 Å². The summed E-state index contributed by atoms with van der Waals surface area (Å²) in [7, 11) is 1.71. The van der Waals surface area contributed by atoms with E-state index in [9.17, 15) is 4.79 Å². The van der Waals surface area contributed by atoms with E-state index in [1.54, 1.807) is 7.05 Å². The van der Waals surface area contributed by atoms with Gasteiger partial charge in [-0.15, -0.1) is 0 Å². The fourth-order valence-corrected chi connectivity index (χ4v) is 2.20. The van der Waals surface area contributed by atoms with Gasteiger partial charge in [-0.1, -0.05) is 24.3 Å². The second-order valence-corrected chi connectivity index (χ2v) is 3.76. The number of rotatable bonds is 1. The Labute approximate surface area is 84.3 Å². The molecule has 2 heteroatoms. The normalized spacial score (nSPS) is 19.9. The van der Waals surface area contributed by atoms with E-state index in [0.717, 1.165) is 19.3 Å². The van der Waals surface area contributed by atoms with Gasteiger partial charge in [0.05, 0.1) is 5.92 Å². The summed E-state index contributed by atoms with van der Waals surface area (Å²) in [6, 6.07) is 8.27. The van der Waals surface area contributed by atoms with Crippen LogP contribution in [0.5, 0.6) is 0 Å². The first-order valence-corrected chi connectivity index (χ1v) is 5.12. The summed E-state index contributed by atoms with van der Waals surface area (Å²) in [6.45, 7) is 0. The Morgan fingerprint density at radius 2 is 2.21 bits per heavy atom. The number of carbonyl (C=O) groups is 1. The van der Waals surface area contributed by atoms with Crippen LogP contribution >= 0.6 is 0 Å². The first-order chi connectivity index (χ1) is 6.83. The highest BCUT2D eigenvalue weighted by Crippen LogP contribution is 2.31. The zero-order valence-corrected chi connectivity index (χ0v) is 8.42. The summed E-state index contributed by atoms with van der Waals surface area (Å²) in [4.78, 5) is 11.6. The van der Waals surface area contributed by atoms with Crippen molar-refractivity contribution in [2.24, 2.45) is 0 Å². The van der Waals surface area contributed by atoms with E-state index in [2.05, 4.69) is 17.4 Å². The Balaban J connectivity index is 2.35.